The summed E-state index contributed by atoms with van der Waals surface area (Å²) in [7, 11) is 0. The molecule has 0 amide bonds. The van der Waals surface area contributed by atoms with E-state index in [9.17, 15) is 0 Å². The zero-order valence-corrected chi connectivity index (χ0v) is 14.0. The van der Waals surface area contributed by atoms with Crippen LogP contribution in [0.3, 0.4) is 0 Å². The second-order valence-electron chi connectivity index (χ2n) is 6.81. The van der Waals surface area contributed by atoms with Gasteiger partial charge in [-0.1, -0.05) is 13.8 Å². The maximum Gasteiger partial charge on any atom is 0.0702 e. The van der Waals surface area contributed by atoms with E-state index in [0.29, 0.717) is 11.5 Å². The zero-order valence-electron chi connectivity index (χ0n) is 14.0. The van der Waals surface area contributed by atoms with Crippen molar-refractivity contribution in [2.45, 2.75) is 52.1 Å². The fraction of sp³-hybridized carbons (Fsp3) is 1.00. The number of nitrogens with zero attached hydrogens (tertiary/aromatic N) is 1. The highest BCUT2D eigenvalue weighted by Gasteiger charge is 2.35. The molecule has 0 aliphatic carbocycles. The molecule has 0 aromatic carbocycles. The minimum absolute atomic E-state index is 0.306. The molecule has 0 saturated carbocycles. The average Bonchev–Trinajstić information content (AvgIpc) is 2.52. The lowest BCUT2D eigenvalue weighted by atomic mass is 9.81. The topological polar surface area (TPSA) is 33.7 Å². The van der Waals surface area contributed by atoms with Gasteiger partial charge in [0, 0.05) is 38.3 Å². The summed E-state index contributed by atoms with van der Waals surface area (Å²) in [4.78, 5) is 2.62. The molecule has 2 saturated heterocycles. The number of likely N-dealkylation sites (tertiary alicyclic amines) is 1. The van der Waals surface area contributed by atoms with Gasteiger partial charge in [0.05, 0.1) is 12.7 Å². The van der Waals surface area contributed by atoms with Gasteiger partial charge < -0.3 is 19.7 Å². The molecular weight excluding hydrogens is 264 g/mol. The van der Waals surface area contributed by atoms with Gasteiger partial charge in [-0.25, -0.2) is 0 Å². The lowest BCUT2D eigenvalue weighted by molar-refractivity contribution is -0.0502. The molecule has 0 aromatic heterocycles. The molecule has 0 radical (unpaired) electrons. The van der Waals surface area contributed by atoms with Gasteiger partial charge in [0.25, 0.3) is 0 Å². The molecule has 2 atom stereocenters. The Morgan fingerprint density at radius 2 is 2.24 bits per heavy atom. The Labute approximate surface area is 130 Å². The molecule has 2 aliphatic heterocycles. The highest BCUT2D eigenvalue weighted by atomic mass is 16.5. The van der Waals surface area contributed by atoms with E-state index in [2.05, 4.69) is 24.1 Å². The zero-order chi connectivity index (χ0) is 15.0. The van der Waals surface area contributed by atoms with Crippen LogP contribution < -0.4 is 5.32 Å². The highest BCUT2D eigenvalue weighted by molar-refractivity contribution is 4.89. The molecule has 2 rings (SSSR count). The van der Waals surface area contributed by atoms with Crippen LogP contribution in [0.5, 0.6) is 0 Å². The van der Waals surface area contributed by atoms with E-state index in [0.717, 1.165) is 52.4 Å². The fourth-order valence-electron chi connectivity index (χ4n) is 3.67. The lowest BCUT2D eigenvalue weighted by Crippen LogP contribution is -2.52. The van der Waals surface area contributed by atoms with Crippen LogP contribution in [0.25, 0.3) is 0 Å². The number of hydrogen-bond donors (Lipinski definition) is 1. The minimum Gasteiger partial charge on any atom is -0.381 e. The summed E-state index contributed by atoms with van der Waals surface area (Å²) < 4.78 is 11.8. The summed E-state index contributed by atoms with van der Waals surface area (Å²) in [6.45, 7) is 12.7. The second kappa shape index (κ2) is 9.09. The van der Waals surface area contributed by atoms with Crippen molar-refractivity contribution in [1.82, 2.24) is 10.2 Å². The third-order valence-electron chi connectivity index (χ3n) is 4.73. The molecule has 4 heteroatoms. The molecule has 0 aromatic rings. The van der Waals surface area contributed by atoms with Gasteiger partial charge in [0.2, 0.25) is 0 Å². The maximum absolute atomic E-state index is 5.98. The summed E-state index contributed by atoms with van der Waals surface area (Å²) in [5.74, 6) is 0. The van der Waals surface area contributed by atoms with E-state index >= 15 is 0 Å². The summed E-state index contributed by atoms with van der Waals surface area (Å²) in [5.41, 5.74) is 0.306. The molecule has 0 bridgehead atoms. The summed E-state index contributed by atoms with van der Waals surface area (Å²) in [6.07, 6.45) is 6.56. The lowest BCUT2D eigenvalue weighted by Gasteiger charge is -2.43. The number of hydrogen-bond acceptors (Lipinski definition) is 4. The van der Waals surface area contributed by atoms with Crippen molar-refractivity contribution in [3.63, 3.8) is 0 Å². The monoisotopic (exact) mass is 298 g/mol. The third kappa shape index (κ3) is 5.51. The predicted molar refractivity (Wildman–Crippen MR) is 86.7 cm³/mol. The molecular formula is C17H34N2O2. The van der Waals surface area contributed by atoms with Crippen LogP contribution in [0.1, 0.15) is 46.0 Å². The van der Waals surface area contributed by atoms with Crippen molar-refractivity contribution in [3.8, 4) is 0 Å². The standard InChI is InChI=1S/C17H34N2O2/c1-3-10-21-16-7-5-9-19(12-16)14-17(13-18-4-2)8-6-11-20-15-17/h16,18H,3-15H2,1-2H3. The van der Waals surface area contributed by atoms with Crippen LogP contribution in [0.4, 0.5) is 0 Å². The molecule has 4 nitrogen and oxygen atoms in total. The third-order valence-corrected chi connectivity index (χ3v) is 4.73. The Morgan fingerprint density at radius 3 is 2.95 bits per heavy atom. The first-order valence-corrected chi connectivity index (χ1v) is 8.90. The van der Waals surface area contributed by atoms with Gasteiger partial charge in [-0.3, -0.25) is 0 Å². The van der Waals surface area contributed by atoms with Gasteiger partial charge in [0.1, 0.15) is 0 Å². The number of ether oxygens (including phenoxy) is 2. The van der Waals surface area contributed by atoms with Crippen LogP contribution in [0, 0.1) is 5.41 Å². The van der Waals surface area contributed by atoms with Crippen molar-refractivity contribution in [3.05, 3.63) is 0 Å². The van der Waals surface area contributed by atoms with Gasteiger partial charge in [-0.15, -0.1) is 0 Å². The second-order valence-corrected chi connectivity index (χ2v) is 6.81. The number of nitrogens with one attached hydrogen (secondary N) is 1. The summed E-state index contributed by atoms with van der Waals surface area (Å²) in [5, 5.41) is 3.56. The largest absolute Gasteiger partial charge is 0.381 e. The molecule has 2 fully saturated rings. The van der Waals surface area contributed by atoms with Crippen LogP contribution >= 0.6 is 0 Å². The normalized spacial score (nSPS) is 31.4. The van der Waals surface area contributed by atoms with E-state index in [1.165, 1.54) is 32.2 Å². The number of piperidine rings is 1. The summed E-state index contributed by atoms with van der Waals surface area (Å²) in [6, 6.07) is 0. The van der Waals surface area contributed by atoms with Gasteiger partial charge in [-0.05, 0) is 45.2 Å². The van der Waals surface area contributed by atoms with Gasteiger partial charge in [0.15, 0.2) is 0 Å². The van der Waals surface area contributed by atoms with Crippen LogP contribution in [-0.2, 0) is 9.47 Å². The maximum atomic E-state index is 5.98. The van der Waals surface area contributed by atoms with Crippen LogP contribution in [-0.4, -0.2) is 63.5 Å². The van der Waals surface area contributed by atoms with E-state index in [1.54, 1.807) is 0 Å². The quantitative estimate of drug-likeness (QED) is 0.745. The van der Waals surface area contributed by atoms with Crippen LogP contribution in [0.2, 0.25) is 0 Å². The van der Waals surface area contributed by atoms with Gasteiger partial charge >= 0.3 is 0 Å². The molecule has 124 valence electrons. The highest BCUT2D eigenvalue weighted by Crippen LogP contribution is 2.30. The van der Waals surface area contributed by atoms with E-state index in [1.807, 2.05) is 0 Å². The molecule has 21 heavy (non-hydrogen) atoms. The first kappa shape index (κ1) is 17.2. The Balaban J connectivity index is 1.86. The van der Waals surface area contributed by atoms with Gasteiger partial charge in [-0.2, -0.15) is 0 Å². The Morgan fingerprint density at radius 1 is 1.33 bits per heavy atom. The van der Waals surface area contributed by atoms with E-state index in [4.69, 9.17) is 9.47 Å². The van der Waals surface area contributed by atoms with Crippen molar-refractivity contribution >= 4 is 0 Å². The van der Waals surface area contributed by atoms with Crippen molar-refractivity contribution in [2.24, 2.45) is 5.41 Å². The van der Waals surface area contributed by atoms with E-state index < -0.39 is 0 Å². The SMILES string of the molecule is CCCOC1CCCN(CC2(CNCC)CCCOC2)C1. The Bertz CT molecular complexity index is 280. The fourth-order valence-corrected chi connectivity index (χ4v) is 3.67. The first-order chi connectivity index (χ1) is 10.3. The molecule has 0 spiro atoms. The Hall–Kier alpha value is -0.160. The number of rotatable bonds is 8. The smallest absolute Gasteiger partial charge is 0.0702 e. The molecule has 2 heterocycles. The van der Waals surface area contributed by atoms with Crippen LogP contribution in [0.15, 0.2) is 0 Å². The minimum atomic E-state index is 0.306. The predicted octanol–water partition coefficient (Wildman–Crippen LogP) is 2.28. The molecule has 2 unspecified atom stereocenters. The Kier molecular flexibility index (Phi) is 7.44. The summed E-state index contributed by atoms with van der Waals surface area (Å²) >= 11 is 0. The van der Waals surface area contributed by atoms with Crippen molar-refractivity contribution in [1.29, 1.82) is 0 Å². The first-order valence-electron chi connectivity index (χ1n) is 8.90. The molecule has 1 N–H and O–H groups in total. The molecule has 2 aliphatic rings. The van der Waals surface area contributed by atoms with E-state index in [-0.39, 0.29) is 0 Å². The van der Waals surface area contributed by atoms with Crippen molar-refractivity contribution < 1.29 is 9.47 Å². The average molecular weight is 298 g/mol. The van der Waals surface area contributed by atoms with Crippen molar-refractivity contribution in [2.75, 3.05) is 52.5 Å².